The van der Waals surface area contributed by atoms with Gasteiger partial charge in [0.15, 0.2) is 0 Å². The van der Waals surface area contributed by atoms with Crippen molar-refractivity contribution in [3.8, 4) is 5.69 Å². The topological polar surface area (TPSA) is 71.8 Å². The Kier molecular flexibility index (Phi) is 3.73. The van der Waals surface area contributed by atoms with Crippen molar-refractivity contribution >= 4 is 5.91 Å². The summed E-state index contributed by atoms with van der Waals surface area (Å²) in [6, 6.07) is 7.83. The van der Waals surface area contributed by atoms with E-state index in [0.717, 1.165) is 18.7 Å². The van der Waals surface area contributed by atoms with Crippen LogP contribution in [0.4, 0.5) is 0 Å². The van der Waals surface area contributed by atoms with Crippen LogP contribution < -0.4 is 10.6 Å². The van der Waals surface area contributed by atoms with Crippen molar-refractivity contribution in [1.82, 2.24) is 25.4 Å². The highest BCUT2D eigenvalue weighted by Crippen LogP contribution is 2.13. The van der Waals surface area contributed by atoms with E-state index in [-0.39, 0.29) is 5.91 Å². The summed E-state index contributed by atoms with van der Waals surface area (Å²) in [5.74, 6) is -0.0667. The lowest BCUT2D eigenvalue weighted by Crippen LogP contribution is -2.37. The van der Waals surface area contributed by atoms with E-state index in [9.17, 15) is 4.79 Å². The van der Waals surface area contributed by atoms with E-state index >= 15 is 0 Å². The first-order valence-corrected chi connectivity index (χ1v) is 6.80. The molecule has 0 unspecified atom stereocenters. The lowest BCUT2D eigenvalue weighted by Gasteiger charge is -2.13. The molecular weight excluding hydrogens is 254 g/mol. The molecule has 6 nitrogen and oxygen atoms in total. The molecule has 104 valence electrons. The Balaban J connectivity index is 1.74. The van der Waals surface area contributed by atoms with Gasteiger partial charge in [0.2, 0.25) is 0 Å². The third-order valence-electron chi connectivity index (χ3n) is 3.52. The van der Waals surface area contributed by atoms with Crippen molar-refractivity contribution in [2.24, 2.45) is 0 Å². The maximum atomic E-state index is 12.3. The number of para-hydroxylation sites is 1. The van der Waals surface area contributed by atoms with E-state index in [4.69, 9.17) is 0 Å². The predicted octanol–water partition coefficient (Wildman–Crippen LogP) is 0.749. The van der Waals surface area contributed by atoms with Gasteiger partial charge >= 0.3 is 0 Å². The van der Waals surface area contributed by atoms with Gasteiger partial charge in [0.1, 0.15) is 12.7 Å². The number of benzene rings is 1. The van der Waals surface area contributed by atoms with Crippen LogP contribution in [-0.2, 0) is 0 Å². The van der Waals surface area contributed by atoms with Gasteiger partial charge in [-0.3, -0.25) is 9.36 Å². The number of amides is 1. The van der Waals surface area contributed by atoms with Crippen LogP contribution in [-0.4, -0.2) is 39.8 Å². The fourth-order valence-electron chi connectivity index (χ4n) is 2.46. The Bertz CT molecular complexity index is 575. The van der Waals surface area contributed by atoms with Gasteiger partial charge in [-0.1, -0.05) is 12.1 Å². The highest BCUT2D eigenvalue weighted by Gasteiger charge is 2.17. The van der Waals surface area contributed by atoms with Gasteiger partial charge in [0.05, 0.1) is 11.3 Å². The Labute approximate surface area is 117 Å². The lowest BCUT2D eigenvalue weighted by atomic mass is 10.1. The molecule has 1 fully saturated rings. The molecule has 1 amide bonds. The first-order valence-electron chi connectivity index (χ1n) is 6.80. The number of hydrogen-bond donors (Lipinski definition) is 2. The fourth-order valence-corrected chi connectivity index (χ4v) is 2.46. The largest absolute Gasteiger partial charge is 0.350 e. The Morgan fingerprint density at radius 1 is 1.35 bits per heavy atom. The molecule has 0 radical (unpaired) electrons. The van der Waals surface area contributed by atoms with Gasteiger partial charge in [-0.2, -0.15) is 0 Å². The molecule has 20 heavy (non-hydrogen) atoms. The Morgan fingerprint density at radius 2 is 2.15 bits per heavy atom. The van der Waals surface area contributed by atoms with Gasteiger partial charge in [-0.15, -0.1) is 10.2 Å². The minimum atomic E-state index is -0.0667. The highest BCUT2D eigenvalue weighted by atomic mass is 16.1. The Morgan fingerprint density at radius 3 is 2.90 bits per heavy atom. The van der Waals surface area contributed by atoms with Gasteiger partial charge in [-0.05, 0) is 31.5 Å². The van der Waals surface area contributed by atoms with Gasteiger partial charge in [-0.25, -0.2) is 0 Å². The first kappa shape index (κ1) is 12.8. The minimum absolute atomic E-state index is 0.0667. The van der Waals surface area contributed by atoms with E-state index in [1.54, 1.807) is 17.2 Å². The van der Waals surface area contributed by atoms with Crippen LogP contribution in [0.2, 0.25) is 0 Å². The summed E-state index contributed by atoms with van der Waals surface area (Å²) in [5, 5.41) is 13.9. The van der Waals surface area contributed by atoms with Crippen LogP contribution in [0.3, 0.4) is 0 Å². The molecule has 2 aromatic rings. The maximum absolute atomic E-state index is 12.3. The zero-order valence-corrected chi connectivity index (χ0v) is 11.1. The van der Waals surface area contributed by atoms with Crippen molar-refractivity contribution in [3.05, 3.63) is 42.5 Å². The van der Waals surface area contributed by atoms with Crippen LogP contribution in [0.1, 0.15) is 23.2 Å². The van der Waals surface area contributed by atoms with E-state index in [1.807, 2.05) is 24.3 Å². The van der Waals surface area contributed by atoms with Crippen LogP contribution >= 0.6 is 0 Å². The van der Waals surface area contributed by atoms with E-state index in [2.05, 4.69) is 20.8 Å². The number of carbonyl (C=O) groups is 1. The summed E-state index contributed by atoms with van der Waals surface area (Å²) in [6.45, 7) is 1.70. The molecule has 1 aromatic carbocycles. The van der Waals surface area contributed by atoms with Gasteiger partial charge < -0.3 is 10.6 Å². The average molecular weight is 271 g/mol. The third-order valence-corrected chi connectivity index (χ3v) is 3.52. The van der Waals surface area contributed by atoms with Crippen molar-refractivity contribution < 1.29 is 4.79 Å². The molecule has 3 rings (SSSR count). The third kappa shape index (κ3) is 2.70. The lowest BCUT2D eigenvalue weighted by molar-refractivity contribution is 0.0950. The molecule has 1 saturated heterocycles. The smallest absolute Gasteiger partial charge is 0.253 e. The standard InChI is InChI=1S/C14H17N5O/c20-14(16-8-11-4-3-7-15-11)12-5-1-2-6-13(12)19-9-17-18-10-19/h1-2,5-6,9-11,15H,3-4,7-8H2,(H,16,20)/t11-/m1/s1. The van der Waals surface area contributed by atoms with Crippen LogP contribution in [0.15, 0.2) is 36.9 Å². The van der Waals surface area contributed by atoms with Gasteiger partial charge in [0.25, 0.3) is 5.91 Å². The van der Waals surface area contributed by atoms with E-state index in [0.29, 0.717) is 18.2 Å². The molecule has 2 heterocycles. The molecule has 1 aromatic heterocycles. The van der Waals surface area contributed by atoms with Gasteiger partial charge in [0, 0.05) is 12.6 Å². The molecule has 1 atom stereocenters. The fraction of sp³-hybridized carbons (Fsp3) is 0.357. The summed E-state index contributed by atoms with van der Waals surface area (Å²) in [4.78, 5) is 12.3. The quantitative estimate of drug-likeness (QED) is 0.860. The monoisotopic (exact) mass is 271 g/mol. The van der Waals surface area contributed by atoms with Crippen molar-refractivity contribution in [2.75, 3.05) is 13.1 Å². The summed E-state index contributed by atoms with van der Waals surface area (Å²) >= 11 is 0. The number of rotatable bonds is 4. The van der Waals surface area contributed by atoms with Crippen LogP contribution in [0.25, 0.3) is 5.69 Å². The Hall–Kier alpha value is -2.21. The summed E-state index contributed by atoms with van der Waals surface area (Å²) in [5.41, 5.74) is 1.42. The SMILES string of the molecule is O=C(NC[C@H]1CCCN1)c1ccccc1-n1cnnc1. The number of nitrogens with zero attached hydrogens (tertiary/aromatic N) is 3. The predicted molar refractivity (Wildman–Crippen MR) is 74.7 cm³/mol. The number of aromatic nitrogens is 3. The zero-order valence-electron chi connectivity index (χ0n) is 11.1. The number of carbonyl (C=O) groups excluding carboxylic acids is 1. The second-order valence-electron chi connectivity index (χ2n) is 4.89. The van der Waals surface area contributed by atoms with E-state index in [1.165, 1.54) is 6.42 Å². The maximum Gasteiger partial charge on any atom is 0.253 e. The van der Waals surface area contributed by atoms with Crippen molar-refractivity contribution in [3.63, 3.8) is 0 Å². The highest BCUT2D eigenvalue weighted by molar-refractivity contribution is 5.97. The summed E-state index contributed by atoms with van der Waals surface area (Å²) in [7, 11) is 0. The number of hydrogen-bond acceptors (Lipinski definition) is 4. The molecule has 1 aliphatic rings. The van der Waals surface area contributed by atoms with Crippen molar-refractivity contribution in [2.45, 2.75) is 18.9 Å². The zero-order chi connectivity index (χ0) is 13.8. The molecular formula is C14H17N5O. The summed E-state index contributed by atoms with van der Waals surface area (Å²) < 4.78 is 1.74. The molecule has 6 heteroatoms. The normalized spacial score (nSPS) is 18.1. The van der Waals surface area contributed by atoms with E-state index < -0.39 is 0 Å². The average Bonchev–Trinajstić information content (AvgIpc) is 3.18. The molecule has 0 spiro atoms. The second-order valence-corrected chi connectivity index (χ2v) is 4.89. The second kappa shape index (κ2) is 5.83. The molecule has 2 N–H and O–H groups in total. The van der Waals surface area contributed by atoms with Crippen molar-refractivity contribution in [1.29, 1.82) is 0 Å². The molecule has 0 bridgehead atoms. The van der Waals surface area contributed by atoms with Crippen LogP contribution in [0, 0.1) is 0 Å². The molecule has 0 saturated carbocycles. The summed E-state index contributed by atoms with van der Waals surface area (Å²) in [6.07, 6.45) is 5.47. The first-order chi connectivity index (χ1) is 9.84. The minimum Gasteiger partial charge on any atom is -0.350 e. The molecule has 0 aliphatic carbocycles. The molecule has 1 aliphatic heterocycles. The number of nitrogens with one attached hydrogen (secondary N) is 2. The van der Waals surface area contributed by atoms with Crippen LogP contribution in [0.5, 0.6) is 0 Å².